The first-order chi connectivity index (χ1) is 8.53. The van der Waals surface area contributed by atoms with Gasteiger partial charge in [-0.25, -0.2) is 18.1 Å². The molecule has 0 unspecified atom stereocenters. The average Bonchev–Trinajstić information content (AvgIpc) is 2.76. The third-order valence-corrected chi connectivity index (χ3v) is 3.34. The van der Waals surface area contributed by atoms with E-state index in [2.05, 4.69) is 19.4 Å². The molecule has 0 bridgehead atoms. The molecule has 0 amide bonds. The number of aromatic amines is 1. The maximum absolute atomic E-state index is 11.4. The van der Waals surface area contributed by atoms with E-state index in [0.29, 0.717) is 12.8 Å². The SMILES string of the molecule is CCOC(=O)CS(=O)(=O)NCCCc1ncc[nH]1. The van der Waals surface area contributed by atoms with Crippen LogP contribution in [0.3, 0.4) is 0 Å². The smallest absolute Gasteiger partial charge is 0.322 e. The lowest BCUT2D eigenvalue weighted by Gasteiger charge is -2.05. The summed E-state index contributed by atoms with van der Waals surface area (Å²) in [4.78, 5) is 18.0. The summed E-state index contributed by atoms with van der Waals surface area (Å²) in [5.41, 5.74) is 0. The van der Waals surface area contributed by atoms with Crippen LogP contribution >= 0.6 is 0 Å². The predicted molar refractivity (Wildman–Crippen MR) is 65.3 cm³/mol. The maximum Gasteiger partial charge on any atom is 0.322 e. The molecular weight excluding hydrogens is 258 g/mol. The second kappa shape index (κ2) is 7.12. The third kappa shape index (κ3) is 5.78. The van der Waals surface area contributed by atoms with Crippen molar-refractivity contribution in [3.05, 3.63) is 18.2 Å². The van der Waals surface area contributed by atoms with Crippen molar-refractivity contribution in [1.82, 2.24) is 14.7 Å². The molecule has 0 aliphatic heterocycles. The monoisotopic (exact) mass is 275 g/mol. The first-order valence-corrected chi connectivity index (χ1v) is 7.30. The number of sulfonamides is 1. The van der Waals surface area contributed by atoms with Crippen LogP contribution in [-0.4, -0.2) is 43.3 Å². The molecule has 0 saturated carbocycles. The van der Waals surface area contributed by atoms with Crippen molar-refractivity contribution in [2.45, 2.75) is 19.8 Å². The van der Waals surface area contributed by atoms with Crippen LogP contribution in [-0.2, 0) is 26.0 Å². The molecule has 0 aromatic carbocycles. The average molecular weight is 275 g/mol. The molecule has 7 nitrogen and oxygen atoms in total. The Morgan fingerprint density at radius 1 is 1.56 bits per heavy atom. The number of H-pyrrole nitrogens is 1. The number of rotatable bonds is 8. The fraction of sp³-hybridized carbons (Fsp3) is 0.600. The number of carbonyl (C=O) groups is 1. The van der Waals surface area contributed by atoms with Crippen LogP contribution in [0.4, 0.5) is 0 Å². The fourth-order valence-corrected chi connectivity index (χ4v) is 2.28. The van der Waals surface area contributed by atoms with Gasteiger partial charge in [-0.3, -0.25) is 4.79 Å². The number of nitrogens with one attached hydrogen (secondary N) is 2. The molecule has 0 aliphatic rings. The van der Waals surface area contributed by atoms with Gasteiger partial charge >= 0.3 is 5.97 Å². The molecule has 2 N–H and O–H groups in total. The molecular formula is C10H17N3O4S. The van der Waals surface area contributed by atoms with Crippen LogP contribution in [0.1, 0.15) is 19.2 Å². The van der Waals surface area contributed by atoms with Crippen molar-refractivity contribution in [1.29, 1.82) is 0 Å². The van der Waals surface area contributed by atoms with Gasteiger partial charge in [0.2, 0.25) is 10.0 Å². The Kier molecular flexibility index (Phi) is 5.79. The Balaban J connectivity index is 2.23. The molecule has 102 valence electrons. The number of aryl methyl sites for hydroxylation is 1. The van der Waals surface area contributed by atoms with Gasteiger partial charge in [0.1, 0.15) is 5.82 Å². The highest BCUT2D eigenvalue weighted by Crippen LogP contribution is 1.95. The van der Waals surface area contributed by atoms with Gasteiger partial charge in [0.25, 0.3) is 0 Å². The minimum absolute atomic E-state index is 0.173. The van der Waals surface area contributed by atoms with Crippen LogP contribution in [0.15, 0.2) is 12.4 Å². The zero-order valence-corrected chi connectivity index (χ0v) is 11.0. The Morgan fingerprint density at radius 3 is 2.94 bits per heavy atom. The lowest BCUT2D eigenvalue weighted by molar-refractivity contribution is -0.139. The van der Waals surface area contributed by atoms with Crippen molar-refractivity contribution in [2.24, 2.45) is 0 Å². The minimum atomic E-state index is -3.60. The van der Waals surface area contributed by atoms with E-state index < -0.39 is 21.7 Å². The minimum Gasteiger partial charge on any atom is -0.465 e. The summed E-state index contributed by atoms with van der Waals surface area (Å²) in [5, 5.41) is 0. The summed E-state index contributed by atoms with van der Waals surface area (Å²) in [6.45, 7) is 2.07. The van der Waals surface area contributed by atoms with E-state index in [1.807, 2.05) is 0 Å². The van der Waals surface area contributed by atoms with Crippen LogP contribution in [0.25, 0.3) is 0 Å². The van der Waals surface area contributed by atoms with E-state index in [0.717, 1.165) is 5.82 Å². The van der Waals surface area contributed by atoms with Gasteiger partial charge in [-0.1, -0.05) is 0 Å². The number of esters is 1. The zero-order valence-electron chi connectivity index (χ0n) is 10.2. The molecule has 0 spiro atoms. The molecule has 8 heteroatoms. The largest absolute Gasteiger partial charge is 0.465 e. The van der Waals surface area contributed by atoms with Gasteiger partial charge in [-0.2, -0.15) is 0 Å². The zero-order chi connectivity index (χ0) is 13.4. The Bertz CT molecular complexity index is 455. The molecule has 1 heterocycles. The van der Waals surface area contributed by atoms with Crippen molar-refractivity contribution < 1.29 is 17.9 Å². The van der Waals surface area contributed by atoms with Crippen LogP contribution in [0.5, 0.6) is 0 Å². The fourth-order valence-electron chi connectivity index (χ4n) is 1.33. The second-order valence-corrected chi connectivity index (χ2v) is 5.40. The van der Waals surface area contributed by atoms with Crippen molar-refractivity contribution in [2.75, 3.05) is 18.9 Å². The highest BCUT2D eigenvalue weighted by Gasteiger charge is 2.16. The summed E-state index contributed by atoms with van der Waals surface area (Å²) in [7, 11) is -3.60. The van der Waals surface area contributed by atoms with Gasteiger partial charge in [0.15, 0.2) is 5.75 Å². The van der Waals surface area contributed by atoms with E-state index in [9.17, 15) is 13.2 Å². The predicted octanol–water partition coefficient (Wildman–Crippen LogP) is -0.175. The highest BCUT2D eigenvalue weighted by atomic mass is 32.2. The van der Waals surface area contributed by atoms with Crippen LogP contribution < -0.4 is 4.72 Å². The number of aromatic nitrogens is 2. The van der Waals surface area contributed by atoms with Crippen LogP contribution in [0, 0.1) is 0 Å². The molecule has 0 saturated heterocycles. The normalized spacial score (nSPS) is 11.4. The second-order valence-electron chi connectivity index (χ2n) is 3.60. The van der Waals surface area contributed by atoms with Gasteiger partial charge in [0, 0.05) is 25.4 Å². The lowest BCUT2D eigenvalue weighted by Crippen LogP contribution is -2.31. The van der Waals surface area contributed by atoms with E-state index >= 15 is 0 Å². The molecule has 1 aromatic heterocycles. The summed E-state index contributed by atoms with van der Waals surface area (Å²) >= 11 is 0. The summed E-state index contributed by atoms with van der Waals surface area (Å²) in [5.74, 6) is -0.572. The van der Waals surface area contributed by atoms with Gasteiger partial charge in [-0.05, 0) is 13.3 Å². The van der Waals surface area contributed by atoms with Crippen molar-refractivity contribution >= 4 is 16.0 Å². The Hall–Kier alpha value is -1.41. The highest BCUT2D eigenvalue weighted by molar-refractivity contribution is 7.90. The van der Waals surface area contributed by atoms with E-state index in [1.165, 1.54) is 0 Å². The number of carbonyl (C=O) groups excluding carboxylic acids is 1. The molecule has 0 radical (unpaired) electrons. The summed E-state index contributed by atoms with van der Waals surface area (Å²) in [6.07, 6.45) is 4.60. The van der Waals surface area contributed by atoms with E-state index in [1.54, 1.807) is 19.3 Å². The van der Waals surface area contributed by atoms with E-state index in [4.69, 9.17) is 0 Å². The van der Waals surface area contributed by atoms with E-state index in [-0.39, 0.29) is 13.2 Å². The quantitative estimate of drug-likeness (QED) is 0.506. The van der Waals surface area contributed by atoms with Crippen molar-refractivity contribution in [3.8, 4) is 0 Å². The number of imidazole rings is 1. The summed E-state index contributed by atoms with van der Waals surface area (Å²) in [6, 6.07) is 0. The number of hydrogen-bond acceptors (Lipinski definition) is 5. The molecule has 18 heavy (non-hydrogen) atoms. The number of hydrogen-bond donors (Lipinski definition) is 2. The standard InChI is InChI=1S/C10H17N3O4S/c1-2-17-10(14)8-18(15,16)13-5-3-4-9-11-6-7-12-9/h6-7,13H,2-5,8H2,1H3,(H,11,12). The van der Waals surface area contributed by atoms with Gasteiger partial charge in [-0.15, -0.1) is 0 Å². The van der Waals surface area contributed by atoms with Gasteiger partial charge < -0.3 is 9.72 Å². The Labute approximate surface area is 106 Å². The lowest BCUT2D eigenvalue weighted by atomic mass is 10.3. The third-order valence-electron chi connectivity index (χ3n) is 2.08. The molecule has 1 aromatic rings. The van der Waals surface area contributed by atoms with Crippen molar-refractivity contribution in [3.63, 3.8) is 0 Å². The maximum atomic E-state index is 11.4. The van der Waals surface area contributed by atoms with Crippen LogP contribution in [0.2, 0.25) is 0 Å². The Morgan fingerprint density at radius 2 is 2.33 bits per heavy atom. The molecule has 0 atom stereocenters. The topological polar surface area (TPSA) is 101 Å². The number of nitrogens with zero attached hydrogens (tertiary/aromatic N) is 1. The first-order valence-electron chi connectivity index (χ1n) is 5.64. The molecule has 0 fully saturated rings. The summed E-state index contributed by atoms with van der Waals surface area (Å²) < 4.78 is 29.8. The molecule has 0 aliphatic carbocycles. The first kappa shape index (κ1) is 14.7. The number of ether oxygens (including phenoxy) is 1. The van der Waals surface area contributed by atoms with Gasteiger partial charge in [0.05, 0.1) is 6.61 Å². The molecule has 1 rings (SSSR count).